The van der Waals surface area contributed by atoms with Crippen molar-refractivity contribution in [1.82, 2.24) is 0 Å². The van der Waals surface area contributed by atoms with Crippen molar-refractivity contribution < 1.29 is 5.11 Å². The maximum atomic E-state index is 9.16. The van der Waals surface area contributed by atoms with E-state index in [9.17, 15) is 0 Å². The summed E-state index contributed by atoms with van der Waals surface area (Å²) < 4.78 is 0. The van der Waals surface area contributed by atoms with Crippen LogP contribution in [0.2, 0.25) is 0 Å². The monoisotopic (exact) mass is 163 g/mol. The van der Waals surface area contributed by atoms with Crippen molar-refractivity contribution in [3.63, 3.8) is 0 Å². The smallest absolute Gasteiger partial charge is 0.115 e. The second kappa shape index (κ2) is 2.70. The van der Waals surface area contributed by atoms with Gasteiger partial charge in [0, 0.05) is 11.7 Å². The number of hydrogen-bond acceptors (Lipinski definition) is 2. The van der Waals surface area contributed by atoms with E-state index in [1.165, 1.54) is 12.8 Å². The molecule has 12 heavy (non-hydrogen) atoms. The molecule has 0 bridgehead atoms. The van der Waals surface area contributed by atoms with E-state index in [4.69, 9.17) is 5.11 Å². The van der Waals surface area contributed by atoms with Gasteiger partial charge in [-0.15, -0.1) is 0 Å². The molecule has 2 nitrogen and oxygen atoms in total. The Labute approximate surface area is 72.2 Å². The van der Waals surface area contributed by atoms with Gasteiger partial charge in [-0.25, -0.2) is 0 Å². The van der Waals surface area contributed by atoms with E-state index in [0.29, 0.717) is 11.8 Å². The summed E-state index contributed by atoms with van der Waals surface area (Å²) in [7, 11) is 0. The van der Waals surface area contributed by atoms with Crippen LogP contribution in [-0.4, -0.2) is 11.1 Å². The third kappa shape index (κ3) is 1.52. The molecule has 0 aromatic heterocycles. The number of benzene rings is 1. The highest BCUT2D eigenvalue weighted by Gasteiger charge is 2.21. The Kier molecular flexibility index (Phi) is 1.68. The Balaban J connectivity index is 2.18. The van der Waals surface area contributed by atoms with Crippen LogP contribution in [-0.2, 0) is 0 Å². The zero-order chi connectivity index (χ0) is 8.55. The minimum Gasteiger partial charge on any atom is -0.508 e. The molecule has 2 N–H and O–H groups in total. The second-order valence-electron chi connectivity index (χ2n) is 3.42. The Hall–Kier alpha value is -1.18. The molecule has 1 aromatic carbocycles. The number of aryl methyl sites for hydroxylation is 1. The average molecular weight is 163 g/mol. The first-order chi connectivity index (χ1) is 5.75. The maximum Gasteiger partial charge on any atom is 0.115 e. The van der Waals surface area contributed by atoms with E-state index in [1.54, 1.807) is 12.1 Å². The van der Waals surface area contributed by atoms with E-state index >= 15 is 0 Å². The highest BCUT2D eigenvalue weighted by atomic mass is 16.3. The molecule has 0 amide bonds. The van der Waals surface area contributed by atoms with Crippen molar-refractivity contribution >= 4 is 5.69 Å². The first-order valence-electron chi connectivity index (χ1n) is 4.32. The van der Waals surface area contributed by atoms with Crippen LogP contribution < -0.4 is 5.32 Å². The van der Waals surface area contributed by atoms with Gasteiger partial charge in [0.05, 0.1) is 0 Å². The van der Waals surface area contributed by atoms with Gasteiger partial charge in [0.15, 0.2) is 0 Å². The molecule has 0 radical (unpaired) electrons. The molecule has 1 aromatic rings. The van der Waals surface area contributed by atoms with Crippen LogP contribution in [0.4, 0.5) is 5.69 Å². The van der Waals surface area contributed by atoms with Crippen molar-refractivity contribution in [2.75, 3.05) is 5.32 Å². The van der Waals surface area contributed by atoms with Gasteiger partial charge in [-0.3, -0.25) is 0 Å². The van der Waals surface area contributed by atoms with Gasteiger partial charge in [-0.05, 0) is 43.5 Å². The van der Waals surface area contributed by atoms with Crippen LogP contribution in [0.25, 0.3) is 0 Å². The first kappa shape index (κ1) is 7.47. The highest BCUT2D eigenvalue weighted by molar-refractivity contribution is 5.54. The van der Waals surface area contributed by atoms with Gasteiger partial charge in [-0.2, -0.15) is 0 Å². The third-order valence-corrected chi connectivity index (χ3v) is 2.15. The molecule has 1 aliphatic rings. The summed E-state index contributed by atoms with van der Waals surface area (Å²) in [5.74, 6) is 0.342. The van der Waals surface area contributed by atoms with Crippen LogP contribution in [0, 0.1) is 6.92 Å². The topological polar surface area (TPSA) is 32.3 Å². The number of nitrogens with one attached hydrogen (secondary N) is 1. The molecule has 2 rings (SSSR count). The number of anilines is 1. The Morgan fingerprint density at radius 1 is 1.42 bits per heavy atom. The third-order valence-electron chi connectivity index (χ3n) is 2.15. The Morgan fingerprint density at radius 3 is 2.75 bits per heavy atom. The predicted octanol–water partition coefficient (Wildman–Crippen LogP) is 2.27. The molecule has 0 atom stereocenters. The standard InChI is InChI=1S/C10H13NO/c1-7-6-9(12)4-5-10(7)11-8-2-3-8/h4-6,8,11-12H,2-3H2,1H3. The molecule has 1 aliphatic carbocycles. The zero-order valence-electron chi connectivity index (χ0n) is 7.17. The zero-order valence-corrected chi connectivity index (χ0v) is 7.17. The number of aromatic hydroxyl groups is 1. The van der Waals surface area contributed by atoms with Gasteiger partial charge in [0.1, 0.15) is 5.75 Å². The molecule has 1 saturated carbocycles. The summed E-state index contributed by atoms with van der Waals surface area (Å²) in [6.07, 6.45) is 2.56. The summed E-state index contributed by atoms with van der Waals surface area (Å²) in [6.45, 7) is 2.00. The van der Waals surface area contributed by atoms with Crippen molar-refractivity contribution in [1.29, 1.82) is 0 Å². The summed E-state index contributed by atoms with van der Waals surface area (Å²) in [6, 6.07) is 6.11. The summed E-state index contributed by atoms with van der Waals surface area (Å²) in [5, 5.41) is 12.6. The van der Waals surface area contributed by atoms with Crippen LogP contribution >= 0.6 is 0 Å². The molecule has 0 saturated heterocycles. The molecular formula is C10H13NO. The fraction of sp³-hybridized carbons (Fsp3) is 0.400. The van der Waals surface area contributed by atoms with Crippen molar-refractivity contribution in [2.45, 2.75) is 25.8 Å². The minimum absolute atomic E-state index is 0.342. The Bertz CT molecular complexity index is 292. The normalized spacial score (nSPS) is 16.1. The van der Waals surface area contributed by atoms with Crippen molar-refractivity contribution in [3.05, 3.63) is 23.8 Å². The second-order valence-corrected chi connectivity index (χ2v) is 3.42. The fourth-order valence-electron chi connectivity index (χ4n) is 1.26. The quantitative estimate of drug-likeness (QED) is 0.655. The molecular weight excluding hydrogens is 150 g/mol. The van der Waals surface area contributed by atoms with Gasteiger partial charge in [0.25, 0.3) is 0 Å². The van der Waals surface area contributed by atoms with E-state index in [2.05, 4.69) is 5.32 Å². The van der Waals surface area contributed by atoms with Crippen LogP contribution in [0.1, 0.15) is 18.4 Å². The number of phenols is 1. The average Bonchev–Trinajstić information content (AvgIpc) is 2.79. The Morgan fingerprint density at radius 2 is 2.17 bits per heavy atom. The van der Waals surface area contributed by atoms with Gasteiger partial charge in [0.2, 0.25) is 0 Å². The summed E-state index contributed by atoms with van der Waals surface area (Å²) in [4.78, 5) is 0. The van der Waals surface area contributed by atoms with Crippen molar-refractivity contribution in [2.24, 2.45) is 0 Å². The lowest BCUT2D eigenvalue weighted by atomic mass is 10.2. The molecule has 0 heterocycles. The number of phenolic OH excluding ortho intramolecular Hbond substituents is 1. The largest absolute Gasteiger partial charge is 0.508 e. The predicted molar refractivity (Wildman–Crippen MR) is 49.5 cm³/mol. The highest BCUT2D eigenvalue weighted by Crippen LogP contribution is 2.27. The van der Waals surface area contributed by atoms with E-state index in [-0.39, 0.29) is 0 Å². The van der Waals surface area contributed by atoms with Crippen LogP contribution in [0.15, 0.2) is 18.2 Å². The number of hydrogen-bond donors (Lipinski definition) is 2. The van der Waals surface area contributed by atoms with Gasteiger partial charge in [-0.1, -0.05) is 0 Å². The SMILES string of the molecule is Cc1cc(O)ccc1NC1CC1. The van der Waals surface area contributed by atoms with E-state index in [1.807, 2.05) is 13.0 Å². The lowest BCUT2D eigenvalue weighted by molar-refractivity contribution is 0.475. The maximum absolute atomic E-state index is 9.16. The molecule has 0 aliphatic heterocycles. The van der Waals surface area contributed by atoms with Crippen LogP contribution in [0.3, 0.4) is 0 Å². The van der Waals surface area contributed by atoms with Crippen LogP contribution in [0.5, 0.6) is 5.75 Å². The van der Waals surface area contributed by atoms with Gasteiger partial charge >= 0.3 is 0 Å². The molecule has 0 spiro atoms. The van der Waals surface area contributed by atoms with Crippen molar-refractivity contribution in [3.8, 4) is 5.75 Å². The molecule has 64 valence electrons. The fourth-order valence-corrected chi connectivity index (χ4v) is 1.26. The summed E-state index contributed by atoms with van der Waals surface area (Å²) in [5.41, 5.74) is 2.26. The first-order valence-corrected chi connectivity index (χ1v) is 4.32. The van der Waals surface area contributed by atoms with E-state index < -0.39 is 0 Å². The summed E-state index contributed by atoms with van der Waals surface area (Å²) >= 11 is 0. The minimum atomic E-state index is 0.342. The molecule has 2 heteroatoms. The molecule has 0 unspecified atom stereocenters. The lowest BCUT2D eigenvalue weighted by Gasteiger charge is -2.07. The van der Waals surface area contributed by atoms with E-state index in [0.717, 1.165) is 11.3 Å². The lowest BCUT2D eigenvalue weighted by Crippen LogP contribution is -2.01. The molecule has 1 fully saturated rings. The number of rotatable bonds is 2. The van der Waals surface area contributed by atoms with Gasteiger partial charge < -0.3 is 10.4 Å².